The summed E-state index contributed by atoms with van der Waals surface area (Å²) in [6, 6.07) is 8.75. The molecule has 2 heterocycles. The number of benzene rings is 1. The second-order valence-electron chi connectivity index (χ2n) is 6.16. The van der Waals surface area contributed by atoms with Gasteiger partial charge in [-0.05, 0) is 32.9 Å². The van der Waals surface area contributed by atoms with Gasteiger partial charge in [0.25, 0.3) is 0 Å². The average Bonchev–Trinajstić information content (AvgIpc) is 3.03. The van der Waals surface area contributed by atoms with Gasteiger partial charge in [-0.3, -0.25) is 4.79 Å². The fraction of sp³-hybridized carbons (Fsp3) is 0.444. The summed E-state index contributed by atoms with van der Waals surface area (Å²) in [6.07, 6.45) is 2.62. The monoisotopic (exact) mass is 329 g/mol. The molecule has 1 N–H and O–H groups in total. The molecule has 0 bridgehead atoms. The molecule has 3 rings (SSSR count). The normalized spacial score (nSPS) is 18.2. The van der Waals surface area contributed by atoms with Gasteiger partial charge in [-0.15, -0.1) is 11.3 Å². The van der Waals surface area contributed by atoms with Crippen LogP contribution < -0.4 is 5.32 Å². The molecule has 2 aromatic rings. The van der Waals surface area contributed by atoms with E-state index >= 15 is 0 Å². The van der Waals surface area contributed by atoms with Crippen molar-refractivity contribution in [2.24, 2.45) is 0 Å². The van der Waals surface area contributed by atoms with Gasteiger partial charge < -0.3 is 10.2 Å². The van der Waals surface area contributed by atoms with Gasteiger partial charge in [0.05, 0.1) is 12.1 Å². The predicted octanol–water partition coefficient (Wildman–Crippen LogP) is 2.87. The zero-order valence-electron chi connectivity index (χ0n) is 13.7. The maximum atomic E-state index is 12.5. The molecule has 1 amide bonds. The Morgan fingerprint density at radius 2 is 2.35 bits per heavy atom. The highest BCUT2D eigenvalue weighted by Gasteiger charge is 2.23. The van der Waals surface area contributed by atoms with Crippen LogP contribution in [0.4, 0.5) is 0 Å². The Kier molecular flexibility index (Phi) is 5.08. The highest BCUT2D eigenvalue weighted by molar-refractivity contribution is 7.13. The van der Waals surface area contributed by atoms with E-state index < -0.39 is 0 Å². The summed E-state index contributed by atoms with van der Waals surface area (Å²) in [7, 11) is 1.97. The highest BCUT2D eigenvalue weighted by Crippen LogP contribution is 2.25. The molecule has 0 saturated carbocycles. The van der Waals surface area contributed by atoms with E-state index in [9.17, 15) is 4.79 Å². The summed E-state index contributed by atoms with van der Waals surface area (Å²) < 4.78 is 0. The predicted molar refractivity (Wildman–Crippen MR) is 94.7 cm³/mol. The van der Waals surface area contributed by atoms with Gasteiger partial charge in [-0.2, -0.15) is 0 Å². The standard InChI is InChI=1S/C18H23N3OS/c1-13-5-3-6-14(9-13)18-20-16(12-23-18)10-17(22)21-8-4-7-15(11-21)19-2/h3,5-6,9,12,15,19H,4,7-8,10-11H2,1-2H3. The van der Waals surface area contributed by atoms with Crippen molar-refractivity contribution in [2.45, 2.75) is 32.2 Å². The molecule has 5 heteroatoms. The SMILES string of the molecule is CNC1CCCN(C(=O)Cc2csc(-c3cccc(C)c3)n2)C1. The molecule has 1 unspecified atom stereocenters. The lowest BCUT2D eigenvalue weighted by atomic mass is 10.1. The van der Waals surface area contributed by atoms with Crippen LogP contribution in [0.1, 0.15) is 24.1 Å². The molecule has 1 aromatic carbocycles. The first-order chi connectivity index (χ1) is 11.2. The smallest absolute Gasteiger partial charge is 0.228 e. The lowest BCUT2D eigenvalue weighted by Crippen LogP contribution is -2.47. The number of rotatable bonds is 4. The molecule has 4 nitrogen and oxygen atoms in total. The Labute approximate surface area is 141 Å². The Bertz CT molecular complexity index is 682. The van der Waals surface area contributed by atoms with Crippen molar-refractivity contribution in [3.63, 3.8) is 0 Å². The zero-order valence-corrected chi connectivity index (χ0v) is 14.5. The molecule has 122 valence electrons. The molecule has 1 atom stereocenters. The number of nitrogens with one attached hydrogen (secondary N) is 1. The maximum absolute atomic E-state index is 12.5. The van der Waals surface area contributed by atoms with Crippen LogP contribution in [0.15, 0.2) is 29.6 Å². The largest absolute Gasteiger partial charge is 0.341 e. The number of nitrogens with zero attached hydrogens (tertiary/aromatic N) is 2. The van der Waals surface area contributed by atoms with Gasteiger partial charge in [0.1, 0.15) is 5.01 Å². The number of likely N-dealkylation sites (tertiary alicyclic amines) is 1. The van der Waals surface area contributed by atoms with E-state index in [2.05, 4.69) is 35.4 Å². The van der Waals surface area contributed by atoms with Crippen LogP contribution in [0.5, 0.6) is 0 Å². The molecule has 23 heavy (non-hydrogen) atoms. The summed E-state index contributed by atoms with van der Waals surface area (Å²) in [5, 5.41) is 6.27. The number of carbonyl (C=O) groups excluding carboxylic acids is 1. The molecular weight excluding hydrogens is 306 g/mol. The van der Waals surface area contributed by atoms with Crippen molar-refractivity contribution in [2.75, 3.05) is 20.1 Å². The van der Waals surface area contributed by atoms with E-state index in [-0.39, 0.29) is 5.91 Å². The fourth-order valence-electron chi connectivity index (χ4n) is 3.00. The first kappa shape index (κ1) is 16.1. The number of hydrogen-bond acceptors (Lipinski definition) is 4. The number of likely N-dealkylation sites (N-methyl/N-ethyl adjacent to an activating group) is 1. The molecule has 0 spiro atoms. The second kappa shape index (κ2) is 7.23. The Morgan fingerprint density at radius 3 is 3.13 bits per heavy atom. The minimum absolute atomic E-state index is 0.186. The summed E-state index contributed by atoms with van der Waals surface area (Å²) in [6.45, 7) is 3.76. The van der Waals surface area contributed by atoms with E-state index in [1.54, 1.807) is 11.3 Å². The first-order valence-corrected chi connectivity index (χ1v) is 9.00. The molecular formula is C18H23N3OS. The van der Waals surface area contributed by atoms with E-state index in [0.717, 1.165) is 42.2 Å². The quantitative estimate of drug-likeness (QED) is 0.938. The summed E-state index contributed by atoms with van der Waals surface area (Å²) in [4.78, 5) is 19.1. The van der Waals surface area contributed by atoms with Gasteiger partial charge >= 0.3 is 0 Å². The minimum atomic E-state index is 0.186. The van der Waals surface area contributed by atoms with E-state index in [0.29, 0.717) is 12.5 Å². The summed E-state index contributed by atoms with van der Waals surface area (Å²) in [5.41, 5.74) is 3.23. The zero-order chi connectivity index (χ0) is 16.2. The van der Waals surface area contributed by atoms with Crippen molar-refractivity contribution in [3.05, 3.63) is 40.9 Å². The molecule has 1 fully saturated rings. The fourth-order valence-corrected chi connectivity index (χ4v) is 3.82. The summed E-state index contributed by atoms with van der Waals surface area (Å²) >= 11 is 1.61. The highest BCUT2D eigenvalue weighted by atomic mass is 32.1. The molecule has 0 aliphatic carbocycles. The lowest BCUT2D eigenvalue weighted by molar-refractivity contribution is -0.131. The average molecular weight is 329 g/mol. The third-order valence-electron chi connectivity index (χ3n) is 4.33. The maximum Gasteiger partial charge on any atom is 0.228 e. The molecule has 0 radical (unpaired) electrons. The number of aryl methyl sites for hydroxylation is 1. The van der Waals surface area contributed by atoms with Crippen molar-refractivity contribution >= 4 is 17.2 Å². The van der Waals surface area contributed by atoms with Crippen LogP contribution in [0.2, 0.25) is 0 Å². The van der Waals surface area contributed by atoms with E-state index in [1.807, 2.05) is 23.4 Å². The van der Waals surface area contributed by atoms with Crippen molar-refractivity contribution in [1.29, 1.82) is 0 Å². The third kappa shape index (κ3) is 3.98. The molecule has 1 saturated heterocycles. The topological polar surface area (TPSA) is 45.2 Å². The Morgan fingerprint density at radius 1 is 1.48 bits per heavy atom. The Balaban J connectivity index is 1.66. The number of hydrogen-bond donors (Lipinski definition) is 1. The van der Waals surface area contributed by atoms with Gasteiger partial charge in [0.15, 0.2) is 0 Å². The molecule has 1 aliphatic heterocycles. The number of amides is 1. The van der Waals surface area contributed by atoms with Crippen LogP contribution in [0.3, 0.4) is 0 Å². The minimum Gasteiger partial charge on any atom is -0.341 e. The number of carbonyl (C=O) groups is 1. The number of thiazole rings is 1. The first-order valence-electron chi connectivity index (χ1n) is 8.12. The van der Waals surface area contributed by atoms with Gasteiger partial charge in [-0.1, -0.05) is 23.8 Å². The van der Waals surface area contributed by atoms with Gasteiger partial charge in [0, 0.05) is 30.1 Å². The molecule has 1 aromatic heterocycles. The second-order valence-corrected chi connectivity index (χ2v) is 7.02. The van der Waals surface area contributed by atoms with Crippen LogP contribution in [-0.4, -0.2) is 42.0 Å². The van der Waals surface area contributed by atoms with Gasteiger partial charge in [0.2, 0.25) is 5.91 Å². The van der Waals surface area contributed by atoms with Crippen LogP contribution in [0, 0.1) is 6.92 Å². The Hall–Kier alpha value is -1.72. The van der Waals surface area contributed by atoms with Crippen LogP contribution in [0.25, 0.3) is 10.6 Å². The third-order valence-corrected chi connectivity index (χ3v) is 5.27. The van der Waals surface area contributed by atoms with Gasteiger partial charge in [-0.25, -0.2) is 4.98 Å². The van der Waals surface area contributed by atoms with E-state index in [4.69, 9.17) is 0 Å². The van der Waals surface area contributed by atoms with Crippen LogP contribution >= 0.6 is 11.3 Å². The van der Waals surface area contributed by atoms with Crippen molar-refractivity contribution in [3.8, 4) is 10.6 Å². The molecule has 1 aliphatic rings. The number of piperidine rings is 1. The number of aromatic nitrogens is 1. The van der Waals surface area contributed by atoms with E-state index in [1.165, 1.54) is 5.56 Å². The lowest BCUT2D eigenvalue weighted by Gasteiger charge is -2.32. The van der Waals surface area contributed by atoms with Crippen molar-refractivity contribution in [1.82, 2.24) is 15.2 Å². The van der Waals surface area contributed by atoms with Crippen LogP contribution in [-0.2, 0) is 11.2 Å². The summed E-state index contributed by atoms with van der Waals surface area (Å²) in [5.74, 6) is 0.186. The van der Waals surface area contributed by atoms with Crippen molar-refractivity contribution < 1.29 is 4.79 Å².